The van der Waals surface area contributed by atoms with Gasteiger partial charge in [0.25, 0.3) is 0 Å². The minimum absolute atomic E-state index is 0.0430. The summed E-state index contributed by atoms with van der Waals surface area (Å²) in [6, 6.07) is 3.68. The molecule has 1 aromatic carbocycles. The molecule has 0 aliphatic carbocycles. The van der Waals surface area contributed by atoms with Crippen LogP contribution in [-0.2, 0) is 25.6 Å². The topological polar surface area (TPSA) is 191 Å². The molecule has 11 heteroatoms. The van der Waals surface area contributed by atoms with E-state index in [1.807, 2.05) is 0 Å². The number of aliphatic hydroxyl groups excluding tert-OH is 2. The van der Waals surface area contributed by atoms with Crippen molar-refractivity contribution < 1.29 is 34.5 Å². The van der Waals surface area contributed by atoms with Gasteiger partial charge in [0.1, 0.15) is 18.1 Å². The van der Waals surface area contributed by atoms with Crippen molar-refractivity contribution in [2.75, 3.05) is 6.61 Å². The van der Waals surface area contributed by atoms with E-state index in [1.165, 1.54) is 13.8 Å². The molecule has 0 fully saturated rings. The molecule has 0 radical (unpaired) electrons. The van der Waals surface area contributed by atoms with Gasteiger partial charge in [0, 0.05) is 6.42 Å². The molecular formula is C19H28N4O7. The zero-order valence-electron chi connectivity index (χ0n) is 16.7. The lowest BCUT2D eigenvalue weighted by Gasteiger charge is -2.24. The monoisotopic (exact) mass is 424 g/mol. The molecule has 11 nitrogen and oxygen atoms in total. The average molecular weight is 424 g/mol. The molecule has 30 heavy (non-hydrogen) atoms. The summed E-state index contributed by atoms with van der Waals surface area (Å²) in [5, 5.41) is 34.6. The first-order valence-corrected chi connectivity index (χ1v) is 9.29. The van der Waals surface area contributed by atoms with Crippen LogP contribution < -0.4 is 21.7 Å². The Labute approximate surface area is 173 Å². The number of rotatable bonds is 11. The molecule has 5 atom stereocenters. The second-order valence-electron chi connectivity index (χ2n) is 6.84. The fraction of sp³-hybridized carbons (Fsp3) is 0.474. The zero-order valence-corrected chi connectivity index (χ0v) is 16.7. The highest BCUT2D eigenvalue weighted by atomic mass is 16.4. The zero-order chi connectivity index (χ0) is 22.8. The molecule has 0 saturated carbocycles. The lowest BCUT2D eigenvalue weighted by molar-refractivity contribution is -0.145. The number of carboxylic acid groups (broad SMARTS) is 1. The standard InChI is InChI=1S/C19H28N4O7/c1-10(21-17(27)13(20)9-24)16(26)22-14(8-12-6-4-3-5-7-12)18(28)23-15(11(2)25)19(29)30/h3-7,10-11,13-15,24-25H,8-9,20H2,1-2H3,(H,21,27)(H,22,26)(H,23,28)(H,29,30). The first kappa shape index (κ1) is 25.0. The number of aliphatic hydroxyl groups is 2. The number of benzene rings is 1. The summed E-state index contributed by atoms with van der Waals surface area (Å²) in [6.07, 6.45) is -1.32. The van der Waals surface area contributed by atoms with E-state index < -0.39 is 60.6 Å². The maximum atomic E-state index is 12.7. The Balaban J connectivity index is 2.94. The number of nitrogens with one attached hydrogen (secondary N) is 3. The molecule has 0 aliphatic heterocycles. The Morgan fingerprint density at radius 2 is 1.57 bits per heavy atom. The van der Waals surface area contributed by atoms with Gasteiger partial charge in [0.2, 0.25) is 17.7 Å². The van der Waals surface area contributed by atoms with Crippen molar-refractivity contribution >= 4 is 23.7 Å². The van der Waals surface area contributed by atoms with E-state index in [2.05, 4.69) is 16.0 Å². The number of hydrogen-bond acceptors (Lipinski definition) is 7. The minimum atomic E-state index is -1.56. The van der Waals surface area contributed by atoms with Crippen LogP contribution in [0.5, 0.6) is 0 Å². The van der Waals surface area contributed by atoms with Gasteiger partial charge in [-0.25, -0.2) is 4.79 Å². The van der Waals surface area contributed by atoms with Crippen LogP contribution in [0.4, 0.5) is 0 Å². The molecule has 8 N–H and O–H groups in total. The van der Waals surface area contributed by atoms with Crippen LogP contribution in [-0.4, -0.2) is 75.9 Å². The summed E-state index contributed by atoms with van der Waals surface area (Å²) in [5.41, 5.74) is 6.09. The van der Waals surface area contributed by atoms with E-state index in [-0.39, 0.29) is 6.42 Å². The highest BCUT2D eigenvalue weighted by Crippen LogP contribution is 2.05. The van der Waals surface area contributed by atoms with Crippen LogP contribution in [0.1, 0.15) is 19.4 Å². The van der Waals surface area contributed by atoms with Gasteiger partial charge in [-0.3, -0.25) is 14.4 Å². The van der Waals surface area contributed by atoms with E-state index in [0.29, 0.717) is 5.56 Å². The van der Waals surface area contributed by atoms with E-state index in [0.717, 1.165) is 0 Å². The first-order valence-electron chi connectivity index (χ1n) is 9.29. The Morgan fingerprint density at radius 1 is 0.967 bits per heavy atom. The van der Waals surface area contributed by atoms with Gasteiger partial charge in [-0.15, -0.1) is 0 Å². The highest BCUT2D eigenvalue weighted by Gasteiger charge is 2.30. The van der Waals surface area contributed by atoms with Crippen molar-refractivity contribution in [3.63, 3.8) is 0 Å². The number of carboxylic acids is 1. The van der Waals surface area contributed by atoms with Gasteiger partial charge < -0.3 is 37.0 Å². The highest BCUT2D eigenvalue weighted by molar-refractivity contribution is 5.94. The summed E-state index contributed by atoms with van der Waals surface area (Å²) in [6.45, 7) is 1.98. The predicted octanol–water partition coefficient (Wildman–Crippen LogP) is -2.51. The molecule has 166 valence electrons. The van der Waals surface area contributed by atoms with E-state index in [1.54, 1.807) is 30.3 Å². The van der Waals surface area contributed by atoms with Crippen molar-refractivity contribution in [3.05, 3.63) is 35.9 Å². The van der Waals surface area contributed by atoms with Gasteiger partial charge >= 0.3 is 5.97 Å². The second kappa shape index (κ2) is 11.9. The maximum Gasteiger partial charge on any atom is 0.328 e. The van der Waals surface area contributed by atoms with Crippen LogP contribution in [0.2, 0.25) is 0 Å². The molecule has 1 rings (SSSR count). The molecule has 0 aliphatic rings. The Morgan fingerprint density at radius 3 is 2.07 bits per heavy atom. The van der Waals surface area contributed by atoms with Crippen LogP contribution in [0.15, 0.2) is 30.3 Å². The first-order chi connectivity index (χ1) is 14.1. The Bertz CT molecular complexity index is 742. The average Bonchev–Trinajstić information content (AvgIpc) is 2.70. The smallest absolute Gasteiger partial charge is 0.328 e. The fourth-order valence-electron chi connectivity index (χ4n) is 2.47. The summed E-state index contributed by atoms with van der Waals surface area (Å²) < 4.78 is 0. The minimum Gasteiger partial charge on any atom is -0.480 e. The van der Waals surface area contributed by atoms with Gasteiger partial charge in [-0.2, -0.15) is 0 Å². The molecule has 1 aromatic rings. The largest absolute Gasteiger partial charge is 0.480 e. The molecular weight excluding hydrogens is 396 g/mol. The number of amides is 3. The van der Waals surface area contributed by atoms with Gasteiger partial charge in [0.05, 0.1) is 12.7 Å². The number of carbonyl (C=O) groups is 4. The number of hydrogen-bond donors (Lipinski definition) is 7. The normalized spacial score (nSPS) is 15.8. The summed E-state index contributed by atoms with van der Waals surface area (Å²) in [5.74, 6) is -3.70. The Hall–Kier alpha value is -3.02. The fourth-order valence-corrected chi connectivity index (χ4v) is 2.47. The second-order valence-corrected chi connectivity index (χ2v) is 6.84. The third-order valence-electron chi connectivity index (χ3n) is 4.25. The third kappa shape index (κ3) is 7.78. The van der Waals surface area contributed by atoms with Crippen molar-refractivity contribution in [3.8, 4) is 0 Å². The molecule has 3 amide bonds. The number of nitrogens with two attached hydrogens (primary N) is 1. The summed E-state index contributed by atoms with van der Waals surface area (Å²) in [4.78, 5) is 48.1. The van der Waals surface area contributed by atoms with Crippen molar-refractivity contribution in [2.45, 2.75) is 50.5 Å². The lowest BCUT2D eigenvalue weighted by atomic mass is 10.0. The predicted molar refractivity (Wildman–Crippen MR) is 106 cm³/mol. The lowest BCUT2D eigenvalue weighted by Crippen LogP contribution is -2.58. The quantitative estimate of drug-likeness (QED) is 0.202. The molecule has 0 aromatic heterocycles. The van der Waals surface area contributed by atoms with Crippen LogP contribution in [0.3, 0.4) is 0 Å². The van der Waals surface area contributed by atoms with E-state index >= 15 is 0 Å². The van der Waals surface area contributed by atoms with Gasteiger partial charge in [-0.05, 0) is 19.4 Å². The molecule has 0 bridgehead atoms. The molecule has 0 heterocycles. The van der Waals surface area contributed by atoms with Crippen LogP contribution in [0.25, 0.3) is 0 Å². The summed E-state index contributed by atoms with van der Waals surface area (Å²) >= 11 is 0. The number of carbonyl (C=O) groups excluding carboxylic acids is 3. The van der Waals surface area contributed by atoms with Crippen molar-refractivity contribution in [2.24, 2.45) is 5.73 Å². The van der Waals surface area contributed by atoms with Crippen molar-refractivity contribution in [1.82, 2.24) is 16.0 Å². The maximum absolute atomic E-state index is 12.7. The van der Waals surface area contributed by atoms with Crippen molar-refractivity contribution in [1.29, 1.82) is 0 Å². The van der Waals surface area contributed by atoms with E-state index in [4.69, 9.17) is 15.9 Å². The van der Waals surface area contributed by atoms with Crippen LogP contribution in [0, 0.1) is 0 Å². The Kier molecular flexibility index (Phi) is 9.89. The molecule has 5 unspecified atom stereocenters. The van der Waals surface area contributed by atoms with Gasteiger partial charge in [-0.1, -0.05) is 30.3 Å². The number of aliphatic carboxylic acids is 1. The van der Waals surface area contributed by atoms with E-state index in [9.17, 15) is 24.3 Å². The molecule has 0 spiro atoms. The third-order valence-corrected chi connectivity index (χ3v) is 4.25. The van der Waals surface area contributed by atoms with Gasteiger partial charge in [0.15, 0.2) is 6.04 Å². The summed E-state index contributed by atoms with van der Waals surface area (Å²) in [7, 11) is 0. The molecule has 0 saturated heterocycles. The van der Waals surface area contributed by atoms with Crippen LogP contribution >= 0.6 is 0 Å². The SMILES string of the molecule is CC(NC(=O)C(N)CO)C(=O)NC(Cc1ccccc1)C(=O)NC(C(=O)O)C(C)O.